The zero-order chi connectivity index (χ0) is 6.62. The first-order valence-electron chi connectivity index (χ1n) is 1.75. The highest BCUT2D eigenvalue weighted by atomic mass is 19.3. The molecule has 0 atom stereocenters. The van der Waals surface area contributed by atoms with Gasteiger partial charge in [0.1, 0.15) is 6.21 Å². The molecule has 0 spiro atoms. The maximum atomic E-state index is 11.5. The Hall–Kier alpha value is -0.740. The first kappa shape index (κ1) is 7.26. The van der Waals surface area contributed by atoms with Gasteiger partial charge in [0.25, 0.3) is 0 Å². The van der Waals surface area contributed by atoms with E-state index in [0.717, 1.165) is 0 Å². The van der Waals surface area contributed by atoms with Crippen molar-refractivity contribution in [3.8, 4) is 0 Å². The van der Waals surface area contributed by atoms with Gasteiger partial charge in [-0.2, -0.15) is 8.78 Å². The fourth-order valence-corrected chi connectivity index (χ4v) is 0.119. The smallest absolute Gasteiger partial charge is 0.314 e. The maximum Gasteiger partial charge on any atom is 0.314 e. The van der Waals surface area contributed by atoms with Gasteiger partial charge in [0.15, 0.2) is 6.67 Å². The van der Waals surface area contributed by atoms with E-state index in [-0.39, 0.29) is 6.21 Å². The van der Waals surface area contributed by atoms with Gasteiger partial charge in [0, 0.05) is 0 Å². The van der Waals surface area contributed by atoms with Crippen LogP contribution in [0.5, 0.6) is 0 Å². The molecule has 0 fully saturated rings. The Labute approximate surface area is 43.6 Å². The molecule has 0 aliphatic heterocycles. The zero-order valence-electron chi connectivity index (χ0n) is 3.81. The molecule has 8 heavy (non-hydrogen) atoms. The molecule has 0 unspecified atom stereocenters. The largest absolute Gasteiger partial charge is 0.411 e. The summed E-state index contributed by atoms with van der Waals surface area (Å²) in [5.74, 6) is -3.62. The van der Waals surface area contributed by atoms with Crippen LogP contribution in [0.25, 0.3) is 0 Å². The third kappa shape index (κ3) is 2.44. The quantitative estimate of drug-likeness (QED) is 0.335. The Morgan fingerprint density at radius 2 is 2.12 bits per heavy atom. The number of hydrogen-bond donors (Lipinski definition) is 1. The van der Waals surface area contributed by atoms with Crippen molar-refractivity contribution < 1.29 is 18.4 Å². The molecule has 0 saturated carbocycles. The fraction of sp³-hybridized carbons (Fsp3) is 0.667. The lowest BCUT2D eigenvalue weighted by Crippen LogP contribution is -2.20. The summed E-state index contributed by atoms with van der Waals surface area (Å²) >= 11 is 0. The molecule has 0 aromatic carbocycles. The van der Waals surface area contributed by atoms with Gasteiger partial charge in [-0.3, -0.25) is 0 Å². The molecule has 0 aromatic rings. The molecule has 5 heteroatoms. The van der Waals surface area contributed by atoms with Crippen LogP contribution in [0.3, 0.4) is 0 Å². The van der Waals surface area contributed by atoms with Crippen LogP contribution in [-0.4, -0.2) is 24.0 Å². The number of alkyl halides is 3. The Morgan fingerprint density at radius 3 is 2.25 bits per heavy atom. The van der Waals surface area contributed by atoms with E-state index >= 15 is 0 Å². The van der Waals surface area contributed by atoms with Gasteiger partial charge in [0.2, 0.25) is 0 Å². The topological polar surface area (TPSA) is 32.6 Å². The molecule has 0 aliphatic rings. The van der Waals surface area contributed by atoms with Gasteiger partial charge >= 0.3 is 5.92 Å². The normalized spacial score (nSPS) is 12.9. The molecule has 0 saturated heterocycles. The second-order valence-electron chi connectivity index (χ2n) is 1.14. The molecule has 48 valence electrons. The predicted octanol–water partition coefficient (Wildman–Crippen LogP) is 1.05. The standard InChI is InChI=1S/C3H4F3NO/c4-1-3(5,6)2-7-8/h2,8H,1H2/b7-2+. The van der Waals surface area contributed by atoms with Crippen LogP contribution in [0.4, 0.5) is 13.2 Å². The third-order valence-corrected chi connectivity index (χ3v) is 0.425. The van der Waals surface area contributed by atoms with E-state index in [2.05, 4.69) is 0 Å². The van der Waals surface area contributed by atoms with E-state index in [1.54, 1.807) is 0 Å². The molecular formula is C3H4F3NO. The highest BCUT2D eigenvalue weighted by molar-refractivity contribution is 5.65. The van der Waals surface area contributed by atoms with E-state index in [1.807, 2.05) is 5.16 Å². The van der Waals surface area contributed by atoms with E-state index in [9.17, 15) is 13.2 Å². The number of hydrogen-bond acceptors (Lipinski definition) is 2. The van der Waals surface area contributed by atoms with Crippen molar-refractivity contribution in [2.75, 3.05) is 6.67 Å². The van der Waals surface area contributed by atoms with E-state index in [1.165, 1.54) is 0 Å². The van der Waals surface area contributed by atoms with E-state index < -0.39 is 12.6 Å². The summed E-state index contributed by atoms with van der Waals surface area (Å²) < 4.78 is 33.9. The lowest BCUT2D eigenvalue weighted by atomic mass is 10.4. The SMILES string of the molecule is O/N=C/C(F)(F)CF. The minimum absolute atomic E-state index is 0.160. The van der Waals surface area contributed by atoms with Crippen molar-refractivity contribution in [2.45, 2.75) is 5.92 Å². The molecular weight excluding hydrogens is 123 g/mol. The molecule has 1 N–H and O–H groups in total. The fourth-order valence-electron chi connectivity index (χ4n) is 0.119. The highest BCUT2D eigenvalue weighted by Crippen LogP contribution is 2.09. The van der Waals surface area contributed by atoms with Crippen LogP contribution in [0, 0.1) is 0 Å². The van der Waals surface area contributed by atoms with E-state index in [0.29, 0.717) is 0 Å². The molecule has 0 bridgehead atoms. The lowest BCUT2D eigenvalue weighted by Gasteiger charge is -2.00. The molecule has 0 aromatic heterocycles. The summed E-state index contributed by atoms with van der Waals surface area (Å²) in [6.07, 6.45) is -0.160. The Bertz CT molecular complexity index is 92.5. The minimum atomic E-state index is -3.62. The molecule has 0 rings (SSSR count). The number of oxime groups is 1. The van der Waals surface area contributed by atoms with Crippen LogP contribution >= 0.6 is 0 Å². The maximum absolute atomic E-state index is 11.5. The lowest BCUT2D eigenvalue weighted by molar-refractivity contribution is 0.0510. The van der Waals surface area contributed by atoms with Crippen molar-refractivity contribution in [3.63, 3.8) is 0 Å². The summed E-state index contributed by atoms with van der Waals surface area (Å²) in [5, 5.41) is 9.42. The number of halogens is 3. The summed E-state index contributed by atoms with van der Waals surface area (Å²) in [6, 6.07) is 0. The van der Waals surface area contributed by atoms with E-state index in [4.69, 9.17) is 5.21 Å². The number of rotatable bonds is 2. The average Bonchev–Trinajstić information content (AvgIpc) is 1.67. The van der Waals surface area contributed by atoms with Gasteiger partial charge in [-0.05, 0) is 0 Å². The van der Waals surface area contributed by atoms with Crippen LogP contribution in [-0.2, 0) is 0 Å². The third-order valence-electron chi connectivity index (χ3n) is 0.425. The van der Waals surface area contributed by atoms with Crippen LogP contribution in [0.15, 0.2) is 5.16 Å². The highest BCUT2D eigenvalue weighted by Gasteiger charge is 2.25. The molecule has 0 heterocycles. The summed E-state index contributed by atoms with van der Waals surface area (Å²) in [5.41, 5.74) is 0. The van der Waals surface area contributed by atoms with Gasteiger partial charge in [0.05, 0.1) is 0 Å². The van der Waals surface area contributed by atoms with Gasteiger partial charge in [-0.25, -0.2) is 4.39 Å². The van der Waals surface area contributed by atoms with Gasteiger partial charge in [-0.1, -0.05) is 5.16 Å². The van der Waals surface area contributed by atoms with Crippen molar-refractivity contribution in [3.05, 3.63) is 0 Å². The van der Waals surface area contributed by atoms with Crippen molar-refractivity contribution in [1.29, 1.82) is 0 Å². The van der Waals surface area contributed by atoms with Gasteiger partial charge in [-0.15, -0.1) is 0 Å². The van der Waals surface area contributed by atoms with Crippen LogP contribution < -0.4 is 0 Å². The number of nitrogens with zero attached hydrogens (tertiary/aromatic N) is 1. The Morgan fingerprint density at radius 1 is 1.62 bits per heavy atom. The van der Waals surface area contributed by atoms with Crippen molar-refractivity contribution in [1.82, 2.24) is 0 Å². The minimum Gasteiger partial charge on any atom is -0.411 e. The summed E-state index contributed by atoms with van der Waals surface area (Å²) in [6.45, 7) is -1.84. The summed E-state index contributed by atoms with van der Waals surface area (Å²) in [7, 11) is 0. The predicted molar refractivity (Wildman–Crippen MR) is 21.2 cm³/mol. The van der Waals surface area contributed by atoms with Crippen molar-refractivity contribution >= 4 is 6.21 Å². The Balaban J connectivity index is 3.71. The van der Waals surface area contributed by atoms with Crippen LogP contribution in [0.1, 0.15) is 0 Å². The van der Waals surface area contributed by atoms with Crippen molar-refractivity contribution in [2.24, 2.45) is 5.16 Å². The second-order valence-corrected chi connectivity index (χ2v) is 1.14. The molecule has 0 amide bonds. The summed E-state index contributed by atoms with van der Waals surface area (Å²) in [4.78, 5) is 0. The molecule has 0 aliphatic carbocycles. The van der Waals surface area contributed by atoms with Crippen LogP contribution in [0.2, 0.25) is 0 Å². The first-order chi connectivity index (χ1) is 3.62. The molecule has 2 nitrogen and oxygen atoms in total. The van der Waals surface area contributed by atoms with Gasteiger partial charge < -0.3 is 5.21 Å². The first-order valence-corrected chi connectivity index (χ1v) is 1.75. The second kappa shape index (κ2) is 2.54. The average molecular weight is 127 g/mol. The monoisotopic (exact) mass is 127 g/mol. The zero-order valence-corrected chi connectivity index (χ0v) is 3.81. The molecule has 0 radical (unpaired) electrons. The Kier molecular flexibility index (Phi) is 2.30.